The molecule has 1 saturated heterocycles. The molecule has 0 aromatic carbocycles. The van der Waals surface area contributed by atoms with Gasteiger partial charge in [0.15, 0.2) is 0 Å². The van der Waals surface area contributed by atoms with Gasteiger partial charge >= 0.3 is 5.97 Å². The molecule has 1 saturated carbocycles. The van der Waals surface area contributed by atoms with E-state index in [0.717, 1.165) is 6.42 Å². The fourth-order valence-corrected chi connectivity index (χ4v) is 2.66. The molecular formula is C10H16O2. The molecule has 2 heteroatoms. The van der Waals surface area contributed by atoms with Crippen molar-refractivity contribution in [3.05, 3.63) is 0 Å². The number of rotatable bonds is 0. The number of ether oxygens (including phenoxy) is 1. The van der Waals surface area contributed by atoms with Gasteiger partial charge in [-0.25, -0.2) is 0 Å². The molecule has 2 aliphatic rings. The van der Waals surface area contributed by atoms with E-state index in [4.69, 9.17) is 4.74 Å². The molecule has 0 amide bonds. The molecule has 0 aromatic heterocycles. The summed E-state index contributed by atoms with van der Waals surface area (Å²) in [5.41, 5.74) is -0.192. The molecule has 0 unspecified atom stereocenters. The van der Waals surface area contributed by atoms with Crippen LogP contribution < -0.4 is 0 Å². The quantitative estimate of drug-likeness (QED) is 0.518. The van der Waals surface area contributed by atoms with Gasteiger partial charge in [0, 0.05) is 5.92 Å². The maximum absolute atomic E-state index is 11.4. The molecule has 2 fully saturated rings. The normalized spacial score (nSPS) is 39.0. The first-order valence-electron chi connectivity index (χ1n) is 4.84. The lowest BCUT2D eigenvalue weighted by atomic mass is 9.74. The van der Waals surface area contributed by atoms with Crippen molar-refractivity contribution in [1.29, 1.82) is 0 Å². The van der Waals surface area contributed by atoms with Gasteiger partial charge in [-0.05, 0) is 26.7 Å². The average molecular weight is 168 g/mol. The lowest BCUT2D eigenvalue weighted by Gasteiger charge is -2.29. The molecule has 0 bridgehead atoms. The number of hydrogen-bond donors (Lipinski definition) is 0. The summed E-state index contributed by atoms with van der Waals surface area (Å²) in [6.07, 6.45) is 4.68. The van der Waals surface area contributed by atoms with Crippen LogP contribution in [-0.4, -0.2) is 11.6 Å². The van der Waals surface area contributed by atoms with Gasteiger partial charge in [-0.3, -0.25) is 4.79 Å². The number of carbonyl (C=O) groups excluding carboxylic acids is 1. The third kappa shape index (κ3) is 1.05. The van der Waals surface area contributed by atoms with Gasteiger partial charge in [0.1, 0.15) is 5.60 Å². The van der Waals surface area contributed by atoms with Gasteiger partial charge in [0.05, 0.1) is 5.92 Å². The van der Waals surface area contributed by atoms with E-state index in [0.29, 0.717) is 5.92 Å². The molecule has 2 rings (SSSR count). The summed E-state index contributed by atoms with van der Waals surface area (Å²) in [6.45, 7) is 4.09. The number of hydrogen-bond acceptors (Lipinski definition) is 2. The monoisotopic (exact) mass is 168 g/mol. The topological polar surface area (TPSA) is 26.3 Å². The van der Waals surface area contributed by atoms with Gasteiger partial charge < -0.3 is 4.74 Å². The first kappa shape index (κ1) is 8.09. The van der Waals surface area contributed by atoms with Crippen LogP contribution in [0.4, 0.5) is 0 Å². The lowest BCUT2D eigenvalue weighted by Crippen LogP contribution is -2.31. The zero-order valence-electron chi connectivity index (χ0n) is 7.80. The zero-order valence-corrected chi connectivity index (χ0v) is 7.80. The van der Waals surface area contributed by atoms with Crippen LogP contribution in [0.3, 0.4) is 0 Å². The van der Waals surface area contributed by atoms with Crippen molar-refractivity contribution in [1.82, 2.24) is 0 Å². The predicted molar refractivity (Wildman–Crippen MR) is 45.6 cm³/mol. The summed E-state index contributed by atoms with van der Waals surface area (Å²) in [5, 5.41) is 0. The van der Waals surface area contributed by atoms with Crippen LogP contribution in [-0.2, 0) is 9.53 Å². The minimum absolute atomic E-state index is 0.0460. The van der Waals surface area contributed by atoms with Crippen LogP contribution in [0.1, 0.15) is 39.5 Å². The summed E-state index contributed by atoms with van der Waals surface area (Å²) in [6, 6.07) is 0. The van der Waals surface area contributed by atoms with Gasteiger partial charge in [0.25, 0.3) is 0 Å². The zero-order chi connectivity index (χ0) is 8.77. The summed E-state index contributed by atoms with van der Waals surface area (Å²) < 4.78 is 5.36. The number of cyclic esters (lactones) is 1. The van der Waals surface area contributed by atoms with E-state index in [1.165, 1.54) is 19.3 Å². The minimum atomic E-state index is -0.192. The molecule has 68 valence electrons. The van der Waals surface area contributed by atoms with Crippen molar-refractivity contribution < 1.29 is 9.53 Å². The molecule has 0 aromatic rings. The third-order valence-corrected chi connectivity index (χ3v) is 3.33. The van der Waals surface area contributed by atoms with Crippen molar-refractivity contribution in [2.75, 3.05) is 0 Å². The lowest BCUT2D eigenvalue weighted by molar-refractivity contribution is -0.148. The highest BCUT2D eigenvalue weighted by atomic mass is 16.6. The number of carbonyl (C=O) groups is 1. The van der Waals surface area contributed by atoms with E-state index < -0.39 is 0 Å². The Labute approximate surface area is 73.3 Å². The van der Waals surface area contributed by atoms with Gasteiger partial charge in [0.2, 0.25) is 0 Å². The fraction of sp³-hybridized carbons (Fsp3) is 0.900. The van der Waals surface area contributed by atoms with Crippen molar-refractivity contribution in [2.45, 2.75) is 45.1 Å². The molecule has 1 aliphatic heterocycles. The van der Waals surface area contributed by atoms with Gasteiger partial charge in [-0.2, -0.15) is 0 Å². The second kappa shape index (κ2) is 2.48. The Hall–Kier alpha value is -0.530. The Balaban J connectivity index is 2.22. The molecule has 0 N–H and O–H groups in total. The second-order valence-corrected chi connectivity index (χ2v) is 4.52. The van der Waals surface area contributed by atoms with Crippen molar-refractivity contribution in [3.8, 4) is 0 Å². The van der Waals surface area contributed by atoms with Crippen molar-refractivity contribution in [2.24, 2.45) is 11.8 Å². The molecular weight excluding hydrogens is 152 g/mol. The summed E-state index contributed by atoms with van der Waals surface area (Å²) in [5.74, 6) is 0.747. The summed E-state index contributed by atoms with van der Waals surface area (Å²) >= 11 is 0. The molecule has 2 atom stereocenters. The number of fused-ring (bicyclic) bond motifs is 1. The van der Waals surface area contributed by atoms with E-state index in [-0.39, 0.29) is 17.5 Å². The fourth-order valence-electron chi connectivity index (χ4n) is 2.66. The second-order valence-electron chi connectivity index (χ2n) is 4.52. The molecule has 1 heterocycles. The highest BCUT2D eigenvalue weighted by Crippen LogP contribution is 2.45. The van der Waals surface area contributed by atoms with Crippen LogP contribution in [0, 0.1) is 11.8 Å². The van der Waals surface area contributed by atoms with Crippen molar-refractivity contribution in [3.63, 3.8) is 0 Å². The first-order valence-corrected chi connectivity index (χ1v) is 4.84. The van der Waals surface area contributed by atoms with Gasteiger partial charge in [-0.15, -0.1) is 0 Å². The largest absolute Gasteiger partial charge is 0.459 e. The minimum Gasteiger partial charge on any atom is -0.459 e. The van der Waals surface area contributed by atoms with E-state index >= 15 is 0 Å². The first-order chi connectivity index (χ1) is 5.61. The van der Waals surface area contributed by atoms with Gasteiger partial charge in [-0.1, -0.05) is 12.8 Å². The van der Waals surface area contributed by atoms with E-state index in [1.54, 1.807) is 0 Å². The van der Waals surface area contributed by atoms with Crippen molar-refractivity contribution >= 4 is 5.97 Å². The Kier molecular flexibility index (Phi) is 1.67. The summed E-state index contributed by atoms with van der Waals surface area (Å²) in [7, 11) is 0. The Morgan fingerprint density at radius 3 is 2.67 bits per heavy atom. The van der Waals surface area contributed by atoms with Crippen LogP contribution >= 0.6 is 0 Å². The van der Waals surface area contributed by atoms with Crippen LogP contribution in [0.2, 0.25) is 0 Å². The van der Waals surface area contributed by atoms with Crippen LogP contribution in [0.25, 0.3) is 0 Å². The SMILES string of the molecule is CC1(C)OC(=O)[C@@H]2CCCC[C@H]21. The van der Waals surface area contributed by atoms with Crippen LogP contribution in [0.15, 0.2) is 0 Å². The molecule has 1 aliphatic carbocycles. The average Bonchev–Trinajstić information content (AvgIpc) is 2.25. The maximum atomic E-state index is 11.4. The standard InChI is InChI=1S/C10H16O2/c1-10(2)8-6-4-3-5-7(8)9(11)12-10/h7-8H,3-6H2,1-2H3/t7-,8-/m1/s1. The highest BCUT2D eigenvalue weighted by molar-refractivity contribution is 5.76. The molecule has 0 spiro atoms. The van der Waals surface area contributed by atoms with Crippen LogP contribution in [0.5, 0.6) is 0 Å². The number of esters is 1. The maximum Gasteiger partial charge on any atom is 0.309 e. The smallest absolute Gasteiger partial charge is 0.309 e. The third-order valence-electron chi connectivity index (χ3n) is 3.33. The molecule has 12 heavy (non-hydrogen) atoms. The summed E-state index contributed by atoms with van der Waals surface area (Å²) in [4.78, 5) is 11.4. The Morgan fingerprint density at radius 1 is 1.33 bits per heavy atom. The molecule has 2 nitrogen and oxygen atoms in total. The molecule has 0 radical (unpaired) electrons. The Bertz CT molecular complexity index is 208. The highest BCUT2D eigenvalue weighted by Gasteiger charge is 2.50. The van der Waals surface area contributed by atoms with E-state index in [1.807, 2.05) is 13.8 Å². The van der Waals surface area contributed by atoms with E-state index in [2.05, 4.69) is 0 Å². The Morgan fingerprint density at radius 2 is 2.00 bits per heavy atom. The predicted octanol–water partition coefficient (Wildman–Crippen LogP) is 2.13. The van der Waals surface area contributed by atoms with E-state index in [9.17, 15) is 4.79 Å².